The molecule has 0 aromatic heterocycles. The third kappa shape index (κ3) is 6.44. The number of carbonyl (C=O) groups excluding carboxylic acids is 2. The highest BCUT2D eigenvalue weighted by Gasteiger charge is 2.08. The van der Waals surface area contributed by atoms with Gasteiger partial charge in [-0.2, -0.15) is 0 Å². The second-order valence-electron chi connectivity index (χ2n) is 8.37. The molecule has 0 bridgehead atoms. The average Bonchev–Trinajstić information content (AvgIpc) is 2.96. The predicted octanol–water partition coefficient (Wildman–Crippen LogP) is 7.78. The van der Waals surface area contributed by atoms with Gasteiger partial charge in [0, 0.05) is 28.6 Å². The summed E-state index contributed by atoms with van der Waals surface area (Å²) in [5.41, 5.74) is 2.53. The van der Waals surface area contributed by atoms with Crippen molar-refractivity contribution in [1.82, 2.24) is 0 Å². The SMILES string of the molecule is O=C(Nc1ccc(Oc2cccc(Oc3ccc(NC(=O)c4ccccc4)cc3)c2)cc1)c1ccccc1. The topological polar surface area (TPSA) is 76.7 Å². The minimum Gasteiger partial charge on any atom is -0.457 e. The Kier molecular flexibility index (Phi) is 7.42. The van der Waals surface area contributed by atoms with Crippen LogP contribution in [0.15, 0.2) is 133 Å². The van der Waals surface area contributed by atoms with Crippen LogP contribution in [0.3, 0.4) is 0 Å². The molecule has 0 fully saturated rings. The number of anilines is 2. The van der Waals surface area contributed by atoms with E-state index in [1.165, 1.54) is 0 Å². The van der Waals surface area contributed by atoms with Crippen LogP contribution in [0, 0.1) is 0 Å². The smallest absolute Gasteiger partial charge is 0.255 e. The molecular weight excluding hydrogens is 476 g/mol. The zero-order valence-corrected chi connectivity index (χ0v) is 20.3. The number of carbonyl (C=O) groups is 2. The lowest BCUT2D eigenvalue weighted by molar-refractivity contribution is 0.101. The Morgan fingerprint density at radius 2 is 0.816 bits per heavy atom. The number of hydrogen-bond donors (Lipinski definition) is 2. The molecule has 0 aliphatic rings. The molecule has 186 valence electrons. The summed E-state index contributed by atoms with van der Waals surface area (Å²) in [6.45, 7) is 0. The van der Waals surface area contributed by atoms with E-state index in [9.17, 15) is 9.59 Å². The number of nitrogens with one attached hydrogen (secondary N) is 2. The maximum atomic E-state index is 12.3. The van der Waals surface area contributed by atoms with Crippen LogP contribution >= 0.6 is 0 Å². The Labute approximate surface area is 220 Å². The Morgan fingerprint density at radius 1 is 0.421 bits per heavy atom. The molecule has 0 saturated carbocycles. The second kappa shape index (κ2) is 11.6. The molecule has 5 rings (SSSR count). The first-order chi connectivity index (χ1) is 18.6. The molecule has 0 heterocycles. The molecule has 5 aromatic carbocycles. The maximum absolute atomic E-state index is 12.3. The van der Waals surface area contributed by atoms with Crippen molar-refractivity contribution in [3.63, 3.8) is 0 Å². The van der Waals surface area contributed by atoms with Crippen LogP contribution in [0.4, 0.5) is 11.4 Å². The quantitative estimate of drug-likeness (QED) is 0.228. The van der Waals surface area contributed by atoms with Crippen LogP contribution in [0.5, 0.6) is 23.0 Å². The van der Waals surface area contributed by atoms with E-state index in [1.54, 1.807) is 78.9 Å². The van der Waals surface area contributed by atoms with Crippen LogP contribution < -0.4 is 20.1 Å². The Balaban J connectivity index is 1.17. The summed E-state index contributed by atoms with van der Waals surface area (Å²) in [6.07, 6.45) is 0. The van der Waals surface area contributed by atoms with Crippen molar-refractivity contribution in [2.45, 2.75) is 0 Å². The molecule has 0 saturated heterocycles. The van der Waals surface area contributed by atoms with Gasteiger partial charge in [0.1, 0.15) is 23.0 Å². The van der Waals surface area contributed by atoms with E-state index in [4.69, 9.17) is 9.47 Å². The van der Waals surface area contributed by atoms with E-state index in [0.717, 1.165) is 0 Å². The zero-order valence-electron chi connectivity index (χ0n) is 20.3. The Hall–Kier alpha value is -5.36. The van der Waals surface area contributed by atoms with Crippen molar-refractivity contribution in [2.24, 2.45) is 0 Å². The monoisotopic (exact) mass is 500 g/mol. The van der Waals surface area contributed by atoms with E-state index in [2.05, 4.69) is 10.6 Å². The van der Waals surface area contributed by atoms with Gasteiger partial charge in [-0.25, -0.2) is 0 Å². The number of ether oxygens (including phenoxy) is 2. The Bertz CT molecular complexity index is 1400. The highest BCUT2D eigenvalue weighted by atomic mass is 16.5. The van der Waals surface area contributed by atoms with E-state index in [0.29, 0.717) is 45.5 Å². The fourth-order valence-electron chi connectivity index (χ4n) is 3.67. The van der Waals surface area contributed by atoms with Crippen molar-refractivity contribution in [1.29, 1.82) is 0 Å². The van der Waals surface area contributed by atoms with E-state index in [-0.39, 0.29) is 11.8 Å². The maximum Gasteiger partial charge on any atom is 0.255 e. The Morgan fingerprint density at radius 3 is 1.21 bits per heavy atom. The molecule has 0 aliphatic carbocycles. The van der Waals surface area contributed by atoms with Crippen molar-refractivity contribution in [3.8, 4) is 23.0 Å². The van der Waals surface area contributed by atoms with Crippen LogP contribution in [0.25, 0.3) is 0 Å². The first kappa shape index (κ1) is 24.3. The molecule has 0 spiro atoms. The van der Waals surface area contributed by atoms with Gasteiger partial charge in [-0.3, -0.25) is 9.59 Å². The molecule has 2 amide bonds. The van der Waals surface area contributed by atoms with Crippen LogP contribution in [0.2, 0.25) is 0 Å². The van der Waals surface area contributed by atoms with Gasteiger partial charge in [-0.1, -0.05) is 42.5 Å². The molecule has 0 radical (unpaired) electrons. The van der Waals surface area contributed by atoms with Gasteiger partial charge in [-0.15, -0.1) is 0 Å². The molecule has 6 heteroatoms. The fraction of sp³-hybridized carbons (Fsp3) is 0. The summed E-state index contributed by atoms with van der Waals surface area (Å²) >= 11 is 0. The minimum atomic E-state index is -0.171. The average molecular weight is 501 g/mol. The lowest BCUT2D eigenvalue weighted by atomic mass is 10.2. The number of amides is 2. The summed E-state index contributed by atoms with van der Waals surface area (Å²) in [4.78, 5) is 24.7. The molecule has 0 unspecified atom stereocenters. The summed E-state index contributed by atoms with van der Waals surface area (Å²) in [5.74, 6) is 2.12. The predicted molar refractivity (Wildman–Crippen MR) is 148 cm³/mol. The van der Waals surface area contributed by atoms with Crippen molar-refractivity contribution < 1.29 is 19.1 Å². The van der Waals surface area contributed by atoms with Gasteiger partial charge in [0.05, 0.1) is 0 Å². The van der Waals surface area contributed by atoms with Crippen molar-refractivity contribution in [3.05, 3.63) is 145 Å². The molecule has 0 atom stereocenters. The summed E-state index contributed by atoms with van der Waals surface area (Å²) in [5, 5.41) is 5.74. The normalized spacial score (nSPS) is 10.3. The third-order valence-corrected chi connectivity index (χ3v) is 5.57. The number of rotatable bonds is 8. The van der Waals surface area contributed by atoms with Gasteiger partial charge in [0.15, 0.2) is 0 Å². The standard InChI is InChI=1S/C32H24N2O4/c35-31(23-8-3-1-4-9-23)33-25-14-18-27(19-15-25)37-29-12-7-13-30(22-29)38-28-20-16-26(17-21-28)34-32(36)24-10-5-2-6-11-24/h1-22H,(H,33,35)(H,34,36). The van der Waals surface area contributed by atoms with Gasteiger partial charge in [-0.05, 0) is 84.9 Å². The van der Waals surface area contributed by atoms with E-state index in [1.807, 2.05) is 54.6 Å². The first-order valence-corrected chi connectivity index (χ1v) is 12.0. The first-order valence-electron chi connectivity index (χ1n) is 12.0. The molecule has 2 N–H and O–H groups in total. The lowest BCUT2D eigenvalue weighted by Gasteiger charge is -2.11. The molecule has 38 heavy (non-hydrogen) atoms. The van der Waals surface area contributed by atoms with E-state index >= 15 is 0 Å². The van der Waals surface area contributed by atoms with Gasteiger partial charge < -0.3 is 20.1 Å². The third-order valence-electron chi connectivity index (χ3n) is 5.57. The van der Waals surface area contributed by atoms with E-state index < -0.39 is 0 Å². The van der Waals surface area contributed by atoms with Gasteiger partial charge >= 0.3 is 0 Å². The molecule has 0 aliphatic heterocycles. The van der Waals surface area contributed by atoms with Gasteiger partial charge in [0.2, 0.25) is 0 Å². The largest absolute Gasteiger partial charge is 0.457 e. The highest BCUT2D eigenvalue weighted by Crippen LogP contribution is 2.29. The molecular formula is C32H24N2O4. The number of hydrogen-bond acceptors (Lipinski definition) is 4. The fourth-order valence-corrected chi connectivity index (χ4v) is 3.67. The summed E-state index contributed by atoms with van der Waals surface area (Å²) in [6, 6.07) is 39.7. The van der Waals surface area contributed by atoms with Crippen molar-refractivity contribution >= 4 is 23.2 Å². The number of benzene rings is 5. The van der Waals surface area contributed by atoms with Crippen molar-refractivity contribution in [2.75, 3.05) is 10.6 Å². The van der Waals surface area contributed by atoms with Crippen LogP contribution in [-0.4, -0.2) is 11.8 Å². The van der Waals surface area contributed by atoms with Crippen LogP contribution in [0.1, 0.15) is 20.7 Å². The van der Waals surface area contributed by atoms with Crippen LogP contribution in [-0.2, 0) is 0 Å². The highest BCUT2D eigenvalue weighted by molar-refractivity contribution is 6.04. The van der Waals surface area contributed by atoms with Gasteiger partial charge in [0.25, 0.3) is 11.8 Å². The minimum absolute atomic E-state index is 0.171. The second-order valence-corrected chi connectivity index (χ2v) is 8.37. The summed E-state index contributed by atoms with van der Waals surface area (Å²) < 4.78 is 11.9. The lowest BCUT2D eigenvalue weighted by Crippen LogP contribution is -2.11. The molecule has 5 aromatic rings. The molecule has 6 nitrogen and oxygen atoms in total. The summed E-state index contributed by atoms with van der Waals surface area (Å²) in [7, 11) is 0. The zero-order chi connectivity index (χ0) is 26.2.